The van der Waals surface area contributed by atoms with Crippen LogP contribution in [0.1, 0.15) is 13.8 Å². The van der Waals surface area contributed by atoms with Crippen LogP contribution in [0.2, 0.25) is 0 Å². The van der Waals surface area contributed by atoms with Crippen LogP contribution in [-0.2, 0) is 0 Å². The number of nitrogens with one attached hydrogen (secondary N) is 1. The van der Waals surface area contributed by atoms with Crippen LogP contribution < -0.4 is 5.32 Å². The van der Waals surface area contributed by atoms with Gasteiger partial charge in [-0.3, -0.25) is 0 Å². The molecule has 0 unspecified atom stereocenters. The first-order valence-corrected chi connectivity index (χ1v) is 5.77. The van der Waals surface area contributed by atoms with Gasteiger partial charge in [0.15, 0.2) is 5.65 Å². The molecule has 0 saturated heterocycles. The highest BCUT2D eigenvalue weighted by molar-refractivity contribution is 8.00. The van der Waals surface area contributed by atoms with Crippen molar-refractivity contribution in [3.63, 3.8) is 0 Å². The van der Waals surface area contributed by atoms with Gasteiger partial charge in [-0.2, -0.15) is 0 Å². The maximum atomic E-state index is 4.50. The van der Waals surface area contributed by atoms with E-state index < -0.39 is 0 Å². The van der Waals surface area contributed by atoms with Gasteiger partial charge in [0.25, 0.3) is 0 Å². The maximum absolute atomic E-state index is 4.50. The van der Waals surface area contributed by atoms with Crippen molar-refractivity contribution in [1.29, 1.82) is 0 Å². The first kappa shape index (κ1) is 10.3. The minimum absolute atomic E-state index is 0.505. The second kappa shape index (κ2) is 4.10. The highest BCUT2D eigenvalue weighted by Crippen LogP contribution is 2.25. The fraction of sp³-hybridized carbons (Fsp3) is 0.400. The lowest BCUT2D eigenvalue weighted by molar-refractivity contribution is 1.02. The maximum Gasteiger partial charge on any atom is 0.169 e. The molecule has 80 valence electrons. The summed E-state index contributed by atoms with van der Waals surface area (Å²) in [5.41, 5.74) is 0.924. The lowest BCUT2D eigenvalue weighted by Crippen LogP contribution is -2.00. The summed E-state index contributed by atoms with van der Waals surface area (Å²) in [6, 6.07) is 0. The molecule has 2 rings (SSSR count). The Morgan fingerprint density at radius 3 is 2.93 bits per heavy atom. The Morgan fingerprint density at radius 1 is 1.47 bits per heavy atom. The average molecular weight is 222 g/mol. The molecule has 0 bridgehead atoms. The van der Waals surface area contributed by atoms with Crippen LogP contribution in [0, 0.1) is 0 Å². The minimum atomic E-state index is 0.505. The molecule has 4 nitrogen and oxygen atoms in total. The van der Waals surface area contributed by atoms with Gasteiger partial charge in [-0.1, -0.05) is 25.6 Å². The monoisotopic (exact) mass is 222 g/mol. The number of hydrogen-bond donors (Lipinski definition) is 1. The van der Waals surface area contributed by atoms with Gasteiger partial charge in [-0.05, 0) is 0 Å². The van der Waals surface area contributed by atoms with E-state index in [1.165, 1.54) is 0 Å². The van der Waals surface area contributed by atoms with Crippen LogP contribution in [0.3, 0.4) is 0 Å². The summed E-state index contributed by atoms with van der Waals surface area (Å²) in [6.07, 6.45) is 5.66. The molecule has 0 aromatic carbocycles. The Morgan fingerprint density at radius 2 is 2.27 bits per heavy atom. The molecule has 0 amide bonds. The van der Waals surface area contributed by atoms with Crippen molar-refractivity contribution in [2.45, 2.75) is 24.1 Å². The van der Waals surface area contributed by atoms with Crippen molar-refractivity contribution >= 4 is 23.2 Å². The standard InChI is InChI=1S/C10H14N4S/c1-7(2)15-10-9-12-4-5-14(9)6-8(11-3)13-10/h4-7,11H,1-3H3. The number of fused-ring (bicyclic) bond motifs is 1. The van der Waals surface area contributed by atoms with E-state index in [0.29, 0.717) is 5.25 Å². The van der Waals surface area contributed by atoms with Crippen molar-refractivity contribution in [3.8, 4) is 0 Å². The van der Waals surface area contributed by atoms with Gasteiger partial charge in [-0.25, -0.2) is 9.97 Å². The fourth-order valence-corrected chi connectivity index (χ4v) is 2.19. The number of anilines is 1. The summed E-state index contributed by atoms with van der Waals surface area (Å²) < 4.78 is 1.99. The topological polar surface area (TPSA) is 42.2 Å². The highest BCUT2D eigenvalue weighted by atomic mass is 32.2. The molecular formula is C10H14N4S. The van der Waals surface area contributed by atoms with E-state index in [1.54, 1.807) is 18.0 Å². The van der Waals surface area contributed by atoms with Crippen molar-refractivity contribution in [2.24, 2.45) is 0 Å². The zero-order valence-corrected chi connectivity index (χ0v) is 9.88. The van der Waals surface area contributed by atoms with Crippen LogP contribution in [0.25, 0.3) is 5.65 Å². The smallest absolute Gasteiger partial charge is 0.169 e. The number of nitrogens with zero attached hydrogens (tertiary/aromatic N) is 3. The van der Waals surface area contributed by atoms with Gasteiger partial charge in [-0.15, -0.1) is 0 Å². The van der Waals surface area contributed by atoms with Crippen molar-refractivity contribution in [3.05, 3.63) is 18.6 Å². The summed E-state index contributed by atoms with van der Waals surface area (Å²) in [5, 5.41) is 4.53. The van der Waals surface area contributed by atoms with E-state index in [4.69, 9.17) is 0 Å². The normalized spacial score (nSPS) is 11.2. The number of imidazole rings is 1. The second-order valence-electron chi connectivity index (χ2n) is 3.51. The molecule has 0 radical (unpaired) electrons. The van der Waals surface area contributed by atoms with E-state index in [1.807, 2.05) is 23.8 Å². The van der Waals surface area contributed by atoms with Crippen LogP contribution in [0.4, 0.5) is 5.82 Å². The van der Waals surface area contributed by atoms with E-state index in [-0.39, 0.29) is 0 Å². The highest BCUT2D eigenvalue weighted by Gasteiger charge is 2.08. The van der Waals surface area contributed by atoms with E-state index in [2.05, 4.69) is 29.1 Å². The lowest BCUT2D eigenvalue weighted by atomic mass is 10.6. The molecule has 0 aliphatic heterocycles. The average Bonchev–Trinajstić information content (AvgIpc) is 2.64. The molecule has 0 spiro atoms. The summed E-state index contributed by atoms with van der Waals surface area (Å²) in [5.74, 6) is 0.864. The molecule has 0 saturated carbocycles. The molecule has 0 aliphatic rings. The lowest BCUT2D eigenvalue weighted by Gasteiger charge is -2.08. The van der Waals surface area contributed by atoms with Gasteiger partial charge in [0.05, 0.1) is 6.20 Å². The third-order valence-electron chi connectivity index (χ3n) is 1.95. The first-order chi connectivity index (χ1) is 7.20. The van der Waals surface area contributed by atoms with Gasteiger partial charge < -0.3 is 9.72 Å². The predicted octanol–water partition coefficient (Wildman–Crippen LogP) is 2.27. The Bertz CT molecular complexity index is 463. The predicted molar refractivity (Wildman–Crippen MR) is 63.5 cm³/mol. The Kier molecular flexibility index (Phi) is 2.81. The first-order valence-electron chi connectivity index (χ1n) is 4.89. The van der Waals surface area contributed by atoms with Gasteiger partial charge in [0.1, 0.15) is 10.8 Å². The summed E-state index contributed by atoms with van der Waals surface area (Å²) in [4.78, 5) is 8.80. The Balaban J connectivity index is 2.53. The summed E-state index contributed by atoms with van der Waals surface area (Å²) in [7, 11) is 1.87. The number of aromatic nitrogens is 3. The van der Waals surface area contributed by atoms with E-state index in [9.17, 15) is 0 Å². The SMILES string of the molecule is CNc1cn2ccnc2c(SC(C)C)n1. The summed E-state index contributed by atoms with van der Waals surface area (Å²) in [6.45, 7) is 4.30. The van der Waals surface area contributed by atoms with Crippen molar-refractivity contribution < 1.29 is 0 Å². The summed E-state index contributed by atoms with van der Waals surface area (Å²) >= 11 is 1.73. The quantitative estimate of drug-likeness (QED) is 0.809. The Labute approximate surface area is 93.1 Å². The molecule has 2 aromatic heterocycles. The largest absolute Gasteiger partial charge is 0.372 e. The molecule has 0 aliphatic carbocycles. The third-order valence-corrected chi connectivity index (χ3v) is 2.92. The molecule has 15 heavy (non-hydrogen) atoms. The molecule has 0 fully saturated rings. The van der Waals surface area contributed by atoms with Gasteiger partial charge in [0.2, 0.25) is 0 Å². The minimum Gasteiger partial charge on any atom is -0.372 e. The number of hydrogen-bond acceptors (Lipinski definition) is 4. The molecular weight excluding hydrogens is 208 g/mol. The van der Waals surface area contributed by atoms with Gasteiger partial charge in [0, 0.05) is 24.7 Å². The van der Waals surface area contributed by atoms with Crippen molar-refractivity contribution in [2.75, 3.05) is 12.4 Å². The molecule has 1 N–H and O–H groups in total. The fourth-order valence-electron chi connectivity index (χ4n) is 1.33. The third kappa shape index (κ3) is 2.07. The molecule has 5 heteroatoms. The molecule has 0 atom stereocenters. The van der Waals surface area contributed by atoms with Crippen LogP contribution in [0.5, 0.6) is 0 Å². The molecule has 2 heterocycles. The Hall–Kier alpha value is -1.23. The van der Waals surface area contributed by atoms with Gasteiger partial charge >= 0.3 is 0 Å². The van der Waals surface area contributed by atoms with E-state index >= 15 is 0 Å². The zero-order valence-electron chi connectivity index (χ0n) is 9.06. The number of rotatable bonds is 3. The molecule has 2 aromatic rings. The zero-order chi connectivity index (χ0) is 10.8. The number of thioether (sulfide) groups is 1. The van der Waals surface area contributed by atoms with Crippen LogP contribution in [-0.4, -0.2) is 26.7 Å². The van der Waals surface area contributed by atoms with Crippen LogP contribution >= 0.6 is 11.8 Å². The van der Waals surface area contributed by atoms with Crippen molar-refractivity contribution in [1.82, 2.24) is 14.4 Å². The van der Waals surface area contributed by atoms with E-state index in [0.717, 1.165) is 16.5 Å². The van der Waals surface area contributed by atoms with Crippen LogP contribution in [0.15, 0.2) is 23.6 Å². The second-order valence-corrected chi connectivity index (χ2v) is 5.07.